The lowest BCUT2D eigenvalue weighted by molar-refractivity contribution is -0.129. The maximum Gasteiger partial charge on any atom is 0.322 e. The van der Waals surface area contributed by atoms with Crippen LogP contribution in [0.4, 0.5) is 10.5 Å². The molecule has 0 aromatic heterocycles. The molecule has 0 saturated carbocycles. The fourth-order valence-electron chi connectivity index (χ4n) is 2.31. The van der Waals surface area contributed by atoms with E-state index in [2.05, 4.69) is 16.0 Å². The summed E-state index contributed by atoms with van der Waals surface area (Å²) in [5.74, 6) is -0.868. The molecule has 0 radical (unpaired) electrons. The van der Waals surface area contributed by atoms with E-state index in [0.717, 1.165) is 0 Å². The van der Waals surface area contributed by atoms with Crippen LogP contribution in [-0.4, -0.2) is 17.8 Å². The van der Waals surface area contributed by atoms with Gasteiger partial charge in [0.1, 0.15) is 0 Å². The van der Waals surface area contributed by atoms with Crippen molar-refractivity contribution in [1.29, 1.82) is 0 Å². The van der Waals surface area contributed by atoms with Gasteiger partial charge in [-0.1, -0.05) is 11.6 Å². The van der Waals surface area contributed by atoms with Gasteiger partial charge in [-0.05, 0) is 18.2 Å². The molecule has 7 heteroatoms. The molecule has 1 spiro atoms. The molecule has 3 rings (SSSR count). The van der Waals surface area contributed by atoms with Crippen LogP contribution in [0.1, 0.15) is 12.0 Å². The molecule has 3 N–H and O–H groups in total. The average molecular weight is 266 g/mol. The molecule has 1 unspecified atom stereocenters. The Balaban J connectivity index is 2.23. The van der Waals surface area contributed by atoms with E-state index in [-0.39, 0.29) is 12.3 Å². The molecule has 1 saturated heterocycles. The molecule has 18 heavy (non-hydrogen) atoms. The summed E-state index contributed by atoms with van der Waals surface area (Å²) in [7, 11) is 0. The van der Waals surface area contributed by atoms with E-state index in [0.29, 0.717) is 16.3 Å². The van der Waals surface area contributed by atoms with Crippen LogP contribution < -0.4 is 16.0 Å². The van der Waals surface area contributed by atoms with Crippen LogP contribution in [0.2, 0.25) is 5.02 Å². The minimum atomic E-state index is -1.35. The molecule has 1 aromatic rings. The van der Waals surface area contributed by atoms with Gasteiger partial charge in [-0.25, -0.2) is 4.79 Å². The number of benzene rings is 1. The predicted molar refractivity (Wildman–Crippen MR) is 63.1 cm³/mol. The number of amides is 4. The topological polar surface area (TPSA) is 87.3 Å². The number of carbonyl (C=O) groups is 3. The van der Waals surface area contributed by atoms with Crippen molar-refractivity contribution in [1.82, 2.24) is 10.6 Å². The van der Waals surface area contributed by atoms with Crippen LogP contribution in [-0.2, 0) is 15.1 Å². The Kier molecular flexibility index (Phi) is 2.12. The highest BCUT2D eigenvalue weighted by Gasteiger charge is 2.52. The number of rotatable bonds is 0. The highest BCUT2D eigenvalue weighted by molar-refractivity contribution is 6.31. The molecule has 92 valence electrons. The van der Waals surface area contributed by atoms with Gasteiger partial charge in [0.15, 0.2) is 5.54 Å². The van der Waals surface area contributed by atoms with Gasteiger partial charge in [0.2, 0.25) is 5.91 Å². The highest BCUT2D eigenvalue weighted by Crippen LogP contribution is 2.39. The molecular formula is C11H8ClN3O3. The lowest BCUT2D eigenvalue weighted by Gasteiger charge is -2.32. The first kappa shape index (κ1) is 11.0. The zero-order valence-electron chi connectivity index (χ0n) is 9.04. The maximum absolute atomic E-state index is 12.0. The van der Waals surface area contributed by atoms with Crippen LogP contribution in [0.5, 0.6) is 0 Å². The van der Waals surface area contributed by atoms with Gasteiger partial charge < -0.3 is 10.6 Å². The molecule has 1 atom stereocenters. The number of anilines is 1. The Labute approximate surface area is 107 Å². The Morgan fingerprint density at radius 3 is 2.61 bits per heavy atom. The largest absolute Gasteiger partial charge is 0.326 e. The van der Waals surface area contributed by atoms with Gasteiger partial charge in [0.25, 0.3) is 5.91 Å². The van der Waals surface area contributed by atoms with Gasteiger partial charge in [-0.2, -0.15) is 0 Å². The van der Waals surface area contributed by atoms with E-state index in [4.69, 9.17) is 11.6 Å². The van der Waals surface area contributed by atoms with Gasteiger partial charge in [-0.3, -0.25) is 14.9 Å². The molecule has 2 aliphatic heterocycles. The van der Waals surface area contributed by atoms with Crippen molar-refractivity contribution >= 4 is 35.1 Å². The smallest absolute Gasteiger partial charge is 0.322 e. The summed E-state index contributed by atoms with van der Waals surface area (Å²) in [6, 6.07) is 4.17. The fourth-order valence-corrected chi connectivity index (χ4v) is 2.49. The van der Waals surface area contributed by atoms with Gasteiger partial charge in [-0.15, -0.1) is 0 Å². The number of imide groups is 1. The third-order valence-corrected chi connectivity index (χ3v) is 3.32. The molecule has 6 nitrogen and oxygen atoms in total. The van der Waals surface area contributed by atoms with Crippen molar-refractivity contribution < 1.29 is 14.4 Å². The molecule has 1 fully saturated rings. The summed E-state index contributed by atoms with van der Waals surface area (Å²) >= 11 is 5.90. The highest BCUT2D eigenvalue weighted by atomic mass is 35.5. The van der Waals surface area contributed by atoms with E-state index in [1.165, 1.54) is 0 Å². The molecule has 2 aliphatic rings. The summed E-state index contributed by atoms with van der Waals surface area (Å²) < 4.78 is 0. The second kappa shape index (κ2) is 3.46. The van der Waals surface area contributed by atoms with Crippen molar-refractivity contribution in [2.45, 2.75) is 12.0 Å². The summed E-state index contributed by atoms with van der Waals surface area (Å²) in [5.41, 5.74) is -0.370. The minimum absolute atomic E-state index is 0.141. The number of nitrogens with one attached hydrogen (secondary N) is 3. The second-order valence-corrected chi connectivity index (χ2v) is 4.66. The number of halogens is 1. The van der Waals surface area contributed by atoms with Crippen LogP contribution in [0.3, 0.4) is 0 Å². The molecule has 1 aromatic carbocycles. The first-order valence-electron chi connectivity index (χ1n) is 5.25. The van der Waals surface area contributed by atoms with E-state index in [1.807, 2.05) is 0 Å². The van der Waals surface area contributed by atoms with E-state index in [1.54, 1.807) is 18.2 Å². The molecule has 0 aliphatic carbocycles. The van der Waals surface area contributed by atoms with Gasteiger partial charge in [0, 0.05) is 16.3 Å². The first-order chi connectivity index (χ1) is 8.51. The normalized spacial score (nSPS) is 25.5. The average Bonchev–Trinajstić information content (AvgIpc) is 2.55. The number of urea groups is 1. The van der Waals surface area contributed by atoms with Crippen LogP contribution in [0.15, 0.2) is 18.2 Å². The monoisotopic (exact) mass is 265 g/mol. The maximum atomic E-state index is 12.0. The van der Waals surface area contributed by atoms with Crippen molar-refractivity contribution in [3.05, 3.63) is 28.8 Å². The van der Waals surface area contributed by atoms with Crippen LogP contribution in [0.25, 0.3) is 0 Å². The third kappa shape index (κ3) is 1.39. The zero-order chi connectivity index (χ0) is 12.9. The molecule has 0 bridgehead atoms. The lowest BCUT2D eigenvalue weighted by Crippen LogP contribution is -2.49. The van der Waals surface area contributed by atoms with Gasteiger partial charge in [0.05, 0.1) is 6.42 Å². The Hall–Kier alpha value is -2.08. The third-order valence-electron chi connectivity index (χ3n) is 3.08. The standard InChI is InChI=1S/C11H8ClN3O3/c12-5-1-2-7-6(3-5)11(4-8(16)13-7)9(17)14-10(18)15-11/h1-3H,4H2,(H,13,16)(H2,14,15,17,18). The van der Waals surface area contributed by atoms with Crippen molar-refractivity contribution in [2.24, 2.45) is 0 Å². The summed E-state index contributed by atoms with van der Waals surface area (Å²) in [4.78, 5) is 34.9. The quantitative estimate of drug-likeness (QED) is 0.604. The van der Waals surface area contributed by atoms with Crippen molar-refractivity contribution in [2.75, 3.05) is 5.32 Å². The SMILES string of the molecule is O=C1CC2(NC(=O)NC2=O)c2cc(Cl)ccc2N1. The summed E-state index contributed by atoms with van der Waals surface area (Å²) in [6.45, 7) is 0. The Bertz CT molecular complexity index is 601. The van der Waals surface area contributed by atoms with E-state index < -0.39 is 17.5 Å². The molecular weight excluding hydrogens is 258 g/mol. The van der Waals surface area contributed by atoms with Crippen LogP contribution >= 0.6 is 11.6 Å². The number of hydrogen-bond donors (Lipinski definition) is 3. The summed E-state index contributed by atoms with van der Waals surface area (Å²) in [6.07, 6.45) is -0.141. The van der Waals surface area contributed by atoms with E-state index >= 15 is 0 Å². The fraction of sp³-hybridized carbons (Fsp3) is 0.182. The van der Waals surface area contributed by atoms with Crippen molar-refractivity contribution in [3.8, 4) is 0 Å². The molecule has 2 heterocycles. The van der Waals surface area contributed by atoms with Gasteiger partial charge >= 0.3 is 6.03 Å². The molecule has 4 amide bonds. The van der Waals surface area contributed by atoms with E-state index in [9.17, 15) is 14.4 Å². The predicted octanol–water partition coefficient (Wildman–Crippen LogP) is 0.717. The Morgan fingerprint density at radius 1 is 1.17 bits per heavy atom. The number of fused-ring (bicyclic) bond motifs is 2. The number of carbonyl (C=O) groups excluding carboxylic acids is 3. The lowest BCUT2D eigenvalue weighted by atomic mass is 9.82. The first-order valence-corrected chi connectivity index (χ1v) is 5.62. The van der Waals surface area contributed by atoms with Crippen LogP contribution in [0, 0.1) is 0 Å². The summed E-state index contributed by atoms with van der Waals surface area (Å²) in [5, 5.41) is 7.73. The Morgan fingerprint density at radius 2 is 1.94 bits per heavy atom. The minimum Gasteiger partial charge on any atom is -0.326 e. The number of hydrogen-bond acceptors (Lipinski definition) is 3. The zero-order valence-corrected chi connectivity index (χ0v) is 9.80. The van der Waals surface area contributed by atoms with Crippen molar-refractivity contribution in [3.63, 3.8) is 0 Å². The second-order valence-electron chi connectivity index (χ2n) is 4.23.